The molecule has 0 atom stereocenters. The van der Waals surface area contributed by atoms with Gasteiger partial charge in [-0.3, -0.25) is 4.79 Å². The average Bonchev–Trinajstić information content (AvgIpc) is 3.39. The Labute approximate surface area is 178 Å². The van der Waals surface area contributed by atoms with Crippen molar-refractivity contribution in [2.75, 3.05) is 18.0 Å². The van der Waals surface area contributed by atoms with Crippen LogP contribution in [0.25, 0.3) is 5.69 Å². The molecule has 1 fully saturated rings. The van der Waals surface area contributed by atoms with Crippen LogP contribution in [-0.2, 0) is 0 Å². The summed E-state index contributed by atoms with van der Waals surface area (Å²) in [6.07, 6.45) is 4.24. The lowest BCUT2D eigenvalue weighted by Crippen LogP contribution is -2.18. The number of benzene rings is 2. The highest BCUT2D eigenvalue weighted by Crippen LogP contribution is 2.22. The molecule has 5 heteroatoms. The third-order valence-corrected chi connectivity index (χ3v) is 5.75. The third-order valence-electron chi connectivity index (χ3n) is 5.75. The number of hydrogen-bond acceptors (Lipinski definition) is 3. The van der Waals surface area contributed by atoms with Crippen LogP contribution in [0.15, 0.2) is 59.7 Å². The number of carbonyl (C=O) groups is 1. The van der Waals surface area contributed by atoms with Gasteiger partial charge in [0.05, 0.1) is 6.21 Å². The number of nitrogens with zero attached hydrogens (tertiary/aromatic N) is 3. The minimum Gasteiger partial charge on any atom is -0.372 e. The fourth-order valence-electron chi connectivity index (χ4n) is 4.04. The molecule has 1 aliphatic rings. The molecule has 5 nitrogen and oxygen atoms in total. The topological polar surface area (TPSA) is 49.6 Å². The smallest absolute Gasteiger partial charge is 0.271 e. The van der Waals surface area contributed by atoms with Crippen LogP contribution >= 0.6 is 0 Å². The van der Waals surface area contributed by atoms with Gasteiger partial charge < -0.3 is 9.47 Å². The second kappa shape index (κ2) is 8.57. The zero-order valence-corrected chi connectivity index (χ0v) is 17.9. The monoisotopic (exact) mass is 400 g/mol. The predicted octanol–water partition coefficient (Wildman–Crippen LogP) is 4.77. The van der Waals surface area contributed by atoms with E-state index < -0.39 is 0 Å². The van der Waals surface area contributed by atoms with E-state index in [1.54, 1.807) is 6.21 Å². The first-order valence-electron chi connectivity index (χ1n) is 10.5. The third kappa shape index (κ3) is 4.15. The molecule has 0 bridgehead atoms. The summed E-state index contributed by atoms with van der Waals surface area (Å²) in [5.41, 5.74) is 10.0. The number of aryl methyl sites for hydroxylation is 3. The van der Waals surface area contributed by atoms with Crippen LogP contribution in [0.4, 0.5) is 5.69 Å². The lowest BCUT2D eigenvalue weighted by molar-refractivity contribution is 0.0955. The summed E-state index contributed by atoms with van der Waals surface area (Å²) in [6, 6.07) is 18.1. The molecule has 0 aliphatic carbocycles. The fraction of sp³-hybridized carbons (Fsp3) is 0.280. The van der Waals surface area contributed by atoms with Crippen molar-refractivity contribution in [2.24, 2.45) is 5.10 Å². The second-order valence-corrected chi connectivity index (χ2v) is 7.93. The Morgan fingerprint density at radius 1 is 0.900 bits per heavy atom. The minimum absolute atomic E-state index is 0.218. The highest BCUT2D eigenvalue weighted by molar-refractivity contribution is 5.95. The number of carbonyl (C=O) groups excluding carboxylic acids is 1. The molecule has 3 aromatic rings. The van der Waals surface area contributed by atoms with Gasteiger partial charge in [-0.2, -0.15) is 5.10 Å². The first-order valence-corrected chi connectivity index (χ1v) is 10.5. The molecular formula is C25H28N4O. The zero-order chi connectivity index (χ0) is 21.1. The zero-order valence-electron chi connectivity index (χ0n) is 17.9. The first-order chi connectivity index (χ1) is 14.5. The molecule has 1 saturated heterocycles. The van der Waals surface area contributed by atoms with Crippen molar-refractivity contribution in [1.82, 2.24) is 9.99 Å². The van der Waals surface area contributed by atoms with Crippen molar-refractivity contribution in [2.45, 2.75) is 33.6 Å². The van der Waals surface area contributed by atoms with Crippen molar-refractivity contribution < 1.29 is 4.79 Å². The summed E-state index contributed by atoms with van der Waals surface area (Å²) in [7, 11) is 0. The maximum absolute atomic E-state index is 12.4. The lowest BCUT2D eigenvalue weighted by Gasteiger charge is -2.18. The fourth-order valence-corrected chi connectivity index (χ4v) is 4.04. The molecule has 2 heterocycles. The molecule has 30 heavy (non-hydrogen) atoms. The second-order valence-electron chi connectivity index (χ2n) is 7.93. The molecule has 0 radical (unpaired) electrons. The Kier molecular flexibility index (Phi) is 5.70. The van der Waals surface area contributed by atoms with Crippen molar-refractivity contribution in [3.8, 4) is 5.69 Å². The quantitative estimate of drug-likeness (QED) is 0.496. The number of nitrogens with one attached hydrogen (secondary N) is 1. The van der Waals surface area contributed by atoms with E-state index in [1.165, 1.54) is 29.9 Å². The number of hydrogen-bond donors (Lipinski definition) is 1. The van der Waals surface area contributed by atoms with E-state index in [1.807, 2.05) is 24.3 Å². The van der Waals surface area contributed by atoms with Gasteiger partial charge in [0.1, 0.15) is 0 Å². The highest BCUT2D eigenvalue weighted by Gasteiger charge is 2.13. The summed E-state index contributed by atoms with van der Waals surface area (Å²) >= 11 is 0. The van der Waals surface area contributed by atoms with Crippen LogP contribution < -0.4 is 10.3 Å². The number of anilines is 1. The summed E-state index contributed by atoms with van der Waals surface area (Å²) < 4.78 is 2.16. The molecule has 4 rings (SSSR count). The average molecular weight is 401 g/mol. The van der Waals surface area contributed by atoms with Crippen LogP contribution in [0.3, 0.4) is 0 Å². The van der Waals surface area contributed by atoms with Gasteiger partial charge in [-0.25, -0.2) is 5.43 Å². The van der Waals surface area contributed by atoms with Crippen molar-refractivity contribution >= 4 is 17.8 Å². The molecule has 0 saturated carbocycles. The van der Waals surface area contributed by atoms with Gasteiger partial charge in [-0.1, -0.05) is 6.07 Å². The van der Waals surface area contributed by atoms with Crippen LogP contribution in [0.2, 0.25) is 0 Å². The highest BCUT2D eigenvalue weighted by atomic mass is 16.2. The summed E-state index contributed by atoms with van der Waals surface area (Å²) in [5, 5.41) is 4.16. The Morgan fingerprint density at radius 2 is 1.53 bits per heavy atom. The Bertz CT molecular complexity index is 1050. The SMILES string of the molecule is Cc1cc(N2CCCC2)ccc1/C=N\NC(=O)c1ccc(-n2c(C)ccc2C)cc1. The van der Waals surface area contributed by atoms with Crippen LogP contribution in [0.5, 0.6) is 0 Å². The molecule has 1 N–H and O–H groups in total. The van der Waals surface area contributed by atoms with Gasteiger partial charge in [0, 0.05) is 41.4 Å². The van der Waals surface area contributed by atoms with Crippen molar-refractivity contribution in [3.05, 3.63) is 82.7 Å². The summed E-state index contributed by atoms with van der Waals surface area (Å²) in [6.45, 7) is 8.48. The number of aromatic nitrogens is 1. The van der Waals surface area contributed by atoms with Crippen LogP contribution in [-0.4, -0.2) is 29.8 Å². The maximum atomic E-state index is 12.4. The van der Waals surface area contributed by atoms with Gasteiger partial charge >= 0.3 is 0 Å². The van der Waals surface area contributed by atoms with Gasteiger partial charge in [0.2, 0.25) is 0 Å². The summed E-state index contributed by atoms with van der Waals surface area (Å²) in [5.74, 6) is -0.218. The molecular weight excluding hydrogens is 372 g/mol. The van der Waals surface area contributed by atoms with E-state index in [0.717, 1.165) is 29.9 Å². The lowest BCUT2D eigenvalue weighted by atomic mass is 10.1. The first kappa shape index (κ1) is 20.0. The Hall–Kier alpha value is -3.34. The van der Waals surface area contributed by atoms with E-state index in [4.69, 9.17) is 0 Å². The van der Waals surface area contributed by atoms with Gasteiger partial charge in [-0.05, 0) is 93.3 Å². The van der Waals surface area contributed by atoms with E-state index in [-0.39, 0.29) is 5.91 Å². The molecule has 154 valence electrons. The Morgan fingerprint density at radius 3 is 2.17 bits per heavy atom. The van der Waals surface area contributed by atoms with Crippen LogP contribution in [0.1, 0.15) is 45.7 Å². The van der Waals surface area contributed by atoms with Gasteiger partial charge in [0.15, 0.2) is 0 Å². The number of rotatable bonds is 5. The van der Waals surface area contributed by atoms with Gasteiger partial charge in [-0.15, -0.1) is 0 Å². The Balaban J connectivity index is 1.40. The molecule has 1 amide bonds. The molecule has 0 spiro atoms. The van der Waals surface area contributed by atoms with Crippen LogP contribution in [0, 0.1) is 20.8 Å². The maximum Gasteiger partial charge on any atom is 0.271 e. The van der Waals surface area contributed by atoms with Crippen molar-refractivity contribution in [3.63, 3.8) is 0 Å². The largest absolute Gasteiger partial charge is 0.372 e. The van der Waals surface area contributed by atoms with Gasteiger partial charge in [0.25, 0.3) is 5.91 Å². The molecule has 2 aromatic carbocycles. The predicted molar refractivity (Wildman–Crippen MR) is 123 cm³/mol. The molecule has 1 aromatic heterocycles. The molecule has 1 aliphatic heterocycles. The number of amides is 1. The van der Waals surface area contributed by atoms with E-state index in [2.05, 4.69) is 71.1 Å². The van der Waals surface area contributed by atoms with E-state index in [0.29, 0.717) is 5.56 Å². The molecule has 0 unspecified atom stereocenters. The van der Waals surface area contributed by atoms with E-state index >= 15 is 0 Å². The number of hydrazone groups is 1. The normalized spacial score (nSPS) is 13.9. The van der Waals surface area contributed by atoms with Crippen molar-refractivity contribution in [1.29, 1.82) is 0 Å². The summed E-state index contributed by atoms with van der Waals surface area (Å²) in [4.78, 5) is 14.9. The van der Waals surface area contributed by atoms with E-state index in [9.17, 15) is 4.79 Å². The minimum atomic E-state index is -0.218. The standard InChI is InChI=1S/C25H28N4O/c1-18-16-24(28-14-4-5-15-28)13-10-22(18)17-26-27-25(30)21-8-11-23(12-9-21)29-19(2)6-7-20(29)3/h6-13,16-17H,4-5,14-15H2,1-3H3,(H,27,30)/b26-17-.